The number of nitrogens with one attached hydrogen (secondary N) is 1. The molecule has 0 radical (unpaired) electrons. The van der Waals surface area contributed by atoms with Crippen molar-refractivity contribution < 1.29 is 13.9 Å². The molecule has 2 heterocycles. The van der Waals surface area contributed by atoms with Gasteiger partial charge in [-0.3, -0.25) is 4.90 Å². The third-order valence-electron chi connectivity index (χ3n) is 3.63. The number of aromatic amines is 1. The lowest BCUT2D eigenvalue weighted by Gasteiger charge is -2.24. The van der Waals surface area contributed by atoms with Gasteiger partial charge in [-0.25, -0.2) is 13.8 Å². The zero-order chi connectivity index (χ0) is 14.1. The summed E-state index contributed by atoms with van der Waals surface area (Å²) in [5, 5.41) is 9.84. The first-order valence-corrected chi connectivity index (χ1v) is 6.48. The average molecular weight is 279 g/mol. The molecule has 0 saturated carbocycles. The van der Waals surface area contributed by atoms with Crippen molar-refractivity contribution in [2.24, 2.45) is 0 Å². The van der Waals surface area contributed by atoms with Crippen LogP contribution in [0.25, 0.3) is 0 Å². The largest absolute Gasteiger partial charge is 0.392 e. The number of benzene rings is 1. The fourth-order valence-corrected chi connectivity index (χ4v) is 2.74. The summed E-state index contributed by atoms with van der Waals surface area (Å²) in [5.41, 5.74) is 1.17. The number of nitrogens with zero attached hydrogens (tertiary/aromatic N) is 2. The van der Waals surface area contributed by atoms with Gasteiger partial charge in [0.25, 0.3) is 0 Å². The molecule has 0 spiro atoms. The zero-order valence-corrected chi connectivity index (χ0v) is 10.8. The maximum atomic E-state index is 13.9. The van der Waals surface area contributed by atoms with E-state index in [1.54, 1.807) is 12.5 Å². The molecule has 6 heteroatoms. The number of H-pyrrole nitrogens is 1. The Labute approximate surface area is 115 Å². The van der Waals surface area contributed by atoms with Gasteiger partial charge in [0.1, 0.15) is 11.6 Å². The Morgan fingerprint density at radius 2 is 2.25 bits per heavy atom. The molecular weight excluding hydrogens is 264 g/mol. The molecule has 2 N–H and O–H groups in total. The highest BCUT2D eigenvalue weighted by molar-refractivity contribution is 5.24. The molecule has 2 aromatic rings. The number of aliphatic hydroxyl groups excluding tert-OH is 1. The first-order chi connectivity index (χ1) is 9.63. The zero-order valence-electron chi connectivity index (χ0n) is 10.8. The van der Waals surface area contributed by atoms with Crippen LogP contribution in [0.15, 0.2) is 30.7 Å². The molecule has 3 rings (SSSR count). The SMILES string of the molecule is OC1CC(c2cc(F)ccc2F)N(Cc2cnc[nH]2)C1. The van der Waals surface area contributed by atoms with Gasteiger partial charge in [0.05, 0.1) is 12.4 Å². The number of hydrogen-bond acceptors (Lipinski definition) is 3. The van der Waals surface area contributed by atoms with Gasteiger partial charge in [-0.1, -0.05) is 0 Å². The number of aliphatic hydroxyl groups is 1. The lowest BCUT2D eigenvalue weighted by Crippen LogP contribution is -2.25. The third-order valence-corrected chi connectivity index (χ3v) is 3.63. The van der Waals surface area contributed by atoms with E-state index in [2.05, 4.69) is 9.97 Å². The number of likely N-dealkylation sites (tertiary alicyclic amines) is 1. The van der Waals surface area contributed by atoms with Crippen molar-refractivity contribution in [2.75, 3.05) is 6.54 Å². The normalized spacial score (nSPS) is 23.4. The maximum absolute atomic E-state index is 13.9. The summed E-state index contributed by atoms with van der Waals surface area (Å²) < 4.78 is 27.2. The molecule has 0 bridgehead atoms. The molecule has 1 saturated heterocycles. The van der Waals surface area contributed by atoms with Gasteiger partial charge < -0.3 is 10.1 Å². The van der Waals surface area contributed by atoms with E-state index < -0.39 is 17.7 Å². The van der Waals surface area contributed by atoms with E-state index in [4.69, 9.17) is 0 Å². The Bertz CT molecular complexity index is 588. The molecule has 106 valence electrons. The molecular formula is C14H15F2N3O. The molecule has 2 unspecified atom stereocenters. The molecule has 1 aliphatic rings. The number of rotatable bonds is 3. The van der Waals surface area contributed by atoms with Gasteiger partial charge in [-0.15, -0.1) is 0 Å². The summed E-state index contributed by atoms with van der Waals surface area (Å²) in [4.78, 5) is 8.84. The smallest absolute Gasteiger partial charge is 0.128 e. The Kier molecular flexibility index (Phi) is 3.50. The molecule has 1 fully saturated rings. The summed E-state index contributed by atoms with van der Waals surface area (Å²) in [5.74, 6) is -0.913. The first-order valence-electron chi connectivity index (χ1n) is 6.48. The molecule has 1 aliphatic heterocycles. The van der Waals surface area contributed by atoms with Crippen molar-refractivity contribution in [3.63, 3.8) is 0 Å². The van der Waals surface area contributed by atoms with E-state index >= 15 is 0 Å². The predicted molar refractivity (Wildman–Crippen MR) is 68.7 cm³/mol. The minimum Gasteiger partial charge on any atom is -0.392 e. The minimum atomic E-state index is -0.536. The Morgan fingerprint density at radius 1 is 1.40 bits per heavy atom. The Hall–Kier alpha value is -1.79. The lowest BCUT2D eigenvalue weighted by molar-refractivity contribution is 0.172. The monoisotopic (exact) mass is 279 g/mol. The van der Waals surface area contributed by atoms with Gasteiger partial charge in [-0.2, -0.15) is 0 Å². The standard InChI is InChI=1S/C14H15F2N3O/c15-9-1-2-13(16)12(3-9)14-4-11(20)7-19(14)6-10-5-17-8-18-10/h1-3,5,8,11,14,20H,4,6-7H2,(H,17,18). The van der Waals surface area contributed by atoms with Crippen molar-refractivity contribution in [3.05, 3.63) is 53.6 Å². The second-order valence-corrected chi connectivity index (χ2v) is 5.08. The van der Waals surface area contributed by atoms with Crippen LogP contribution in [0, 0.1) is 11.6 Å². The molecule has 20 heavy (non-hydrogen) atoms. The van der Waals surface area contributed by atoms with Crippen molar-refractivity contribution in [1.82, 2.24) is 14.9 Å². The van der Waals surface area contributed by atoms with Crippen LogP contribution in [0.5, 0.6) is 0 Å². The summed E-state index contributed by atoms with van der Waals surface area (Å²) in [6, 6.07) is 3.11. The van der Waals surface area contributed by atoms with Gasteiger partial charge in [0.15, 0.2) is 0 Å². The van der Waals surface area contributed by atoms with Crippen LogP contribution in [-0.4, -0.2) is 32.6 Å². The second-order valence-electron chi connectivity index (χ2n) is 5.08. The van der Waals surface area contributed by atoms with Crippen LogP contribution in [0.3, 0.4) is 0 Å². The molecule has 2 atom stereocenters. The number of imidazole rings is 1. The Morgan fingerprint density at radius 3 is 3.00 bits per heavy atom. The number of halogens is 2. The fourth-order valence-electron chi connectivity index (χ4n) is 2.74. The molecule has 1 aromatic heterocycles. The summed E-state index contributed by atoms with van der Waals surface area (Å²) in [6.07, 6.45) is 3.11. The van der Waals surface area contributed by atoms with Crippen molar-refractivity contribution in [2.45, 2.75) is 25.1 Å². The fraction of sp³-hybridized carbons (Fsp3) is 0.357. The van der Waals surface area contributed by atoms with E-state index in [1.165, 1.54) is 6.07 Å². The van der Waals surface area contributed by atoms with E-state index in [-0.39, 0.29) is 6.04 Å². The van der Waals surface area contributed by atoms with Crippen LogP contribution in [0.2, 0.25) is 0 Å². The maximum Gasteiger partial charge on any atom is 0.128 e. The lowest BCUT2D eigenvalue weighted by atomic mass is 10.0. The van der Waals surface area contributed by atoms with Gasteiger partial charge in [0, 0.05) is 36.6 Å². The van der Waals surface area contributed by atoms with Crippen LogP contribution in [-0.2, 0) is 6.54 Å². The number of β-amino-alcohol motifs (C(OH)–C–C–N with tert-alkyl or cyclic N) is 1. The minimum absolute atomic E-state index is 0.293. The first kappa shape index (κ1) is 13.2. The average Bonchev–Trinajstić information content (AvgIpc) is 3.03. The topological polar surface area (TPSA) is 52.1 Å². The highest BCUT2D eigenvalue weighted by atomic mass is 19.1. The Balaban J connectivity index is 1.87. The van der Waals surface area contributed by atoms with Gasteiger partial charge >= 0.3 is 0 Å². The van der Waals surface area contributed by atoms with E-state index in [9.17, 15) is 13.9 Å². The highest BCUT2D eigenvalue weighted by Crippen LogP contribution is 2.34. The van der Waals surface area contributed by atoms with E-state index in [0.717, 1.165) is 17.8 Å². The number of aromatic nitrogens is 2. The number of hydrogen-bond donors (Lipinski definition) is 2. The molecule has 1 aromatic carbocycles. The molecule has 4 nitrogen and oxygen atoms in total. The second kappa shape index (κ2) is 5.30. The van der Waals surface area contributed by atoms with Gasteiger partial charge in [-0.05, 0) is 24.6 Å². The predicted octanol–water partition coefficient (Wildman–Crippen LogP) is 2.00. The highest BCUT2D eigenvalue weighted by Gasteiger charge is 2.33. The summed E-state index contributed by atoms with van der Waals surface area (Å²) >= 11 is 0. The van der Waals surface area contributed by atoms with Crippen LogP contribution < -0.4 is 0 Å². The van der Waals surface area contributed by atoms with Crippen LogP contribution in [0.1, 0.15) is 23.7 Å². The molecule has 0 amide bonds. The van der Waals surface area contributed by atoms with Crippen LogP contribution in [0.4, 0.5) is 8.78 Å². The van der Waals surface area contributed by atoms with Gasteiger partial charge in [0.2, 0.25) is 0 Å². The van der Waals surface area contributed by atoms with Crippen molar-refractivity contribution >= 4 is 0 Å². The van der Waals surface area contributed by atoms with Crippen molar-refractivity contribution in [3.8, 4) is 0 Å². The van der Waals surface area contributed by atoms with E-state index in [1.807, 2.05) is 4.90 Å². The quantitative estimate of drug-likeness (QED) is 0.903. The summed E-state index contributed by atoms with van der Waals surface area (Å²) in [6.45, 7) is 0.942. The van der Waals surface area contributed by atoms with Crippen LogP contribution >= 0.6 is 0 Å². The van der Waals surface area contributed by atoms with E-state index in [0.29, 0.717) is 25.1 Å². The summed E-state index contributed by atoms with van der Waals surface area (Å²) in [7, 11) is 0. The third kappa shape index (κ3) is 2.57. The molecule has 0 aliphatic carbocycles. The van der Waals surface area contributed by atoms with Crippen molar-refractivity contribution in [1.29, 1.82) is 0 Å².